The number of amides is 1. The van der Waals surface area contributed by atoms with Crippen molar-refractivity contribution in [3.63, 3.8) is 0 Å². The number of carbonyl (C=O) groups excluding carboxylic acids is 1. The third-order valence-electron chi connectivity index (χ3n) is 4.01. The molecule has 0 saturated carbocycles. The minimum absolute atomic E-state index is 0.0967. The fourth-order valence-corrected chi connectivity index (χ4v) is 2.86. The Hall–Kier alpha value is -1.55. The lowest BCUT2D eigenvalue weighted by atomic mass is 9.92. The lowest BCUT2D eigenvalue weighted by Crippen LogP contribution is -2.51. The Morgan fingerprint density at radius 3 is 2.29 bits per heavy atom. The minimum Gasteiger partial charge on any atom is -0.491 e. The van der Waals surface area contributed by atoms with Crippen LogP contribution in [0.25, 0.3) is 0 Å². The molecule has 4 nitrogen and oxygen atoms in total. The molecule has 0 saturated heterocycles. The molecule has 1 rings (SSSR count). The molecule has 24 heavy (non-hydrogen) atoms. The predicted octanol–water partition coefficient (Wildman–Crippen LogP) is 3.67. The molecule has 4 heteroatoms. The summed E-state index contributed by atoms with van der Waals surface area (Å²) < 4.78 is 5.76. The van der Waals surface area contributed by atoms with Gasteiger partial charge in [0.05, 0.1) is 12.1 Å². The van der Waals surface area contributed by atoms with Gasteiger partial charge in [0.25, 0.3) is 0 Å². The van der Waals surface area contributed by atoms with Crippen LogP contribution in [0.3, 0.4) is 0 Å². The normalized spacial score (nSPS) is 14.3. The summed E-state index contributed by atoms with van der Waals surface area (Å²) in [5, 5.41) is 3.06. The van der Waals surface area contributed by atoms with Crippen molar-refractivity contribution in [1.29, 1.82) is 0 Å². The summed E-state index contributed by atoms with van der Waals surface area (Å²) in [4.78, 5) is 12.3. The lowest BCUT2D eigenvalue weighted by molar-refractivity contribution is -0.124. The van der Waals surface area contributed by atoms with Crippen molar-refractivity contribution in [3.8, 4) is 5.75 Å². The van der Waals surface area contributed by atoms with Gasteiger partial charge in [0.2, 0.25) is 5.91 Å². The number of ether oxygens (including phenoxy) is 1. The maximum absolute atomic E-state index is 12.3. The Morgan fingerprint density at radius 2 is 1.79 bits per heavy atom. The molecule has 1 aromatic rings. The van der Waals surface area contributed by atoms with Crippen LogP contribution < -0.4 is 15.8 Å². The van der Waals surface area contributed by atoms with Gasteiger partial charge in [-0.1, -0.05) is 32.9 Å². The summed E-state index contributed by atoms with van der Waals surface area (Å²) in [6.45, 7) is 12.5. The summed E-state index contributed by atoms with van der Waals surface area (Å²) in [7, 11) is 0. The average Bonchev–Trinajstić information content (AvgIpc) is 2.47. The van der Waals surface area contributed by atoms with Crippen LogP contribution in [0.2, 0.25) is 0 Å². The van der Waals surface area contributed by atoms with Gasteiger partial charge in [-0.05, 0) is 63.6 Å². The molecular formula is C20H34N2O2. The molecule has 0 fully saturated rings. The van der Waals surface area contributed by atoms with Gasteiger partial charge in [0, 0.05) is 5.54 Å². The van der Waals surface area contributed by atoms with E-state index in [1.807, 2.05) is 45.0 Å². The first-order valence-corrected chi connectivity index (χ1v) is 8.96. The van der Waals surface area contributed by atoms with E-state index in [0.29, 0.717) is 12.3 Å². The molecule has 1 aromatic carbocycles. The van der Waals surface area contributed by atoms with Crippen LogP contribution in [0, 0.1) is 5.92 Å². The van der Waals surface area contributed by atoms with E-state index >= 15 is 0 Å². The highest BCUT2D eigenvalue weighted by Gasteiger charge is 2.24. The van der Waals surface area contributed by atoms with Crippen molar-refractivity contribution in [2.24, 2.45) is 11.7 Å². The molecule has 2 unspecified atom stereocenters. The Morgan fingerprint density at radius 1 is 1.21 bits per heavy atom. The Kier molecular flexibility index (Phi) is 7.74. The standard InChI is InChI=1S/C20H34N2O2/c1-7-15(4)24-17-10-8-16(9-11-17)12-18(21)19(23)22-20(5,6)13-14(2)3/h8-11,14-15,18H,7,12-13,21H2,1-6H3,(H,22,23). The zero-order chi connectivity index (χ0) is 18.3. The van der Waals surface area contributed by atoms with E-state index in [0.717, 1.165) is 24.2 Å². The van der Waals surface area contributed by atoms with Crippen LogP contribution in [0.4, 0.5) is 0 Å². The van der Waals surface area contributed by atoms with E-state index in [1.54, 1.807) is 0 Å². The highest BCUT2D eigenvalue weighted by atomic mass is 16.5. The highest BCUT2D eigenvalue weighted by Crippen LogP contribution is 2.17. The van der Waals surface area contributed by atoms with E-state index < -0.39 is 6.04 Å². The van der Waals surface area contributed by atoms with Gasteiger partial charge in [-0.3, -0.25) is 4.79 Å². The van der Waals surface area contributed by atoms with Crippen molar-refractivity contribution in [2.45, 2.75) is 78.5 Å². The molecule has 0 aliphatic carbocycles. The van der Waals surface area contributed by atoms with Crippen molar-refractivity contribution in [2.75, 3.05) is 0 Å². The van der Waals surface area contributed by atoms with Gasteiger partial charge < -0.3 is 15.8 Å². The number of nitrogens with two attached hydrogens (primary N) is 1. The number of benzene rings is 1. The van der Waals surface area contributed by atoms with E-state index in [4.69, 9.17) is 10.5 Å². The highest BCUT2D eigenvalue weighted by molar-refractivity contribution is 5.82. The topological polar surface area (TPSA) is 64.3 Å². The first-order chi connectivity index (χ1) is 11.1. The van der Waals surface area contributed by atoms with Crippen LogP contribution in [0.5, 0.6) is 5.75 Å². The molecule has 3 N–H and O–H groups in total. The third kappa shape index (κ3) is 7.35. The molecule has 1 amide bonds. The largest absolute Gasteiger partial charge is 0.491 e. The van der Waals surface area contributed by atoms with E-state index in [2.05, 4.69) is 26.1 Å². The van der Waals surface area contributed by atoms with Gasteiger partial charge in [-0.15, -0.1) is 0 Å². The summed E-state index contributed by atoms with van der Waals surface area (Å²) >= 11 is 0. The summed E-state index contributed by atoms with van der Waals surface area (Å²) in [5.74, 6) is 1.28. The number of hydrogen-bond donors (Lipinski definition) is 2. The fourth-order valence-electron chi connectivity index (χ4n) is 2.86. The second-order valence-corrected chi connectivity index (χ2v) is 7.76. The van der Waals surface area contributed by atoms with E-state index in [-0.39, 0.29) is 17.6 Å². The molecule has 0 aliphatic rings. The van der Waals surface area contributed by atoms with Crippen LogP contribution in [0.15, 0.2) is 24.3 Å². The first-order valence-electron chi connectivity index (χ1n) is 8.96. The number of nitrogens with one attached hydrogen (secondary N) is 1. The molecule has 0 radical (unpaired) electrons. The third-order valence-corrected chi connectivity index (χ3v) is 4.01. The molecule has 0 spiro atoms. The van der Waals surface area contributed by atoms with Crippen LogP contribution in [-0.2, 0) is 11.2 Å². The molecule has 0 heterocycles. The van der Waals surface area contributed by atoms with Gasteiger partial charge in [-0.25, -0.2) is 0 Å². The van der Waals surface area contributed by atoms with Gasteiger partial charge >= 0.3 is 0 Å². The molecule has 0 aromatic heterocycles. The SMILES string of the molecule is CCC(C)Oc1ccc(CC(N)C(=O)NC(C)(C)CC(C)C)cc1. The Balaban J connectivity index is 2.57. The van der Waals surface area contributed by atoms with Crippen molar-refractivity contribution < 1.29 is 9.53 Å². The summed E-state index contributed by atoms with van der Waals surface area (Å²) in [5.41, 5.74) is 6.88. The number of rotatable bonds is 9. The van der Waals surface area contributed by atoms with Crippen molar-refractivity contribution >= 4 is 5.91 Å². The minimum atomic E-state index is -0.544. The molecule has 136 valence electrons. The van der Waals surface area contributed by atoms with Crippen molar-refractivity contribution in [3.05, 3.63) is 29.8 Å². The van der Waals surface area contributed by atoms with Crippen LogP contribution >= 0.6 is 0 Å². The smallest absolute Gasteiger partial charge is 0.237 e. The Bertz CT molecular complexity index is 509. The second-order valence-electron chi connectivity index (χ2n) is 7.76. The summed E-state index contributed by atoms with van der Waals surface area (Å²) in [6.07, 6.45) is 2.62. The monoisotopic (exact) mass is 334 g/mol. The zero-order valence-electron chi connectivity index (χ0n) is 16.1. The molecular weight excluding hydrogens is 300 g/mol. The number of carbonyl (C=O) groups is 1. The predicted molar refractivity (Wildman–Crippen MR) is 100 cm³/mol. The van der Waals surface area contributed by atoms with Gasteiger partial charge in [0.1, 0.15) is 5.75 Å². The van der Waals surface area contributed by atoms with Gasteiger partial charge in [-0.2, -0.15) is 0 Å². The summed E-state index contributed by atoms with van der Waals surface area (Å²) in [6, 6.07) is 7.29. The fraction of sp³-hybridized carbons (Fsp3) is 0.650. The van der Waals surface area contributed by atoms with Gasteiger partial charge in [0.15, 0.2) is 0 Å². The van der Waals surface area contributed by atoms with Crippen LogP contribution in [-0.4, -0.2) is 23.6 Å². The number of hydrogen-bond acceptors (Lipinski definition) is 3. The average molecular weight is 335 g/mol. The maximum Gasteiger partial charge on any atom is 0.237 e. The Labute approximate surface area is 147 Å². The zero-order valence-corrected chi connectivity index (χ0v) is 16.1. The van der Waals surface area contributed by atoms with E-state index in [9.17, 15) is 4.79 Å². The maximum atomic E-state index is 12.3. The first kappa shape index (κ1) is 20.5. The molecule has 0 aliphatic heterocycles. The van der Waals surface area contributed by atoms with Crippen LogP contribution in [0.1, 0.15) is 59.9 Å². The lowest BCUT2D eigenvalue weighted by Gasteiger charge is -2.29. The quantitative estimate of drug-likeness (QED) is 0.724. The van der Waals surface area contributed by atoms with E-state index in [1.165, 1.54) is 0 Å². The molecule has 0 bridgehead atoms. The van der Waals surface area contributed by atoms with Crippen molar-refractivity contribution in [1.82, 2.24) is 5.32 Å². The second kappa shape index (κ2) is 9.07. The molecule has 2 atom stereocenters.